The lowest BCUT2D eigenvalue weighted by molar-refractivity contribution is 0.415. The van der Waals surface area contributed by atoms with Crippen LogP contribution in [-0.4, -0.2) is 14.2 Å². The third kappa shape index (κ3) is 4.33. The van der Waals surface area contributed by atoms with Crippen LogP contribution >= 0.6 is 15.9 Å². The van der Waals surface area contributed by atoms with Gasteiger partial charge in [0.05, 0.1) is 37.5 Å². The summed E-state index contributed by atoms with van der Waals surface area (Å²) in [6.07, 6.45) is 0. The van der Waals surface area contributed by atoms with Gasteiger partial charge in [0.25, 0.3) is 0 Å². The molecule has 0 unspecified atom stereocenters. The summed E-state index contributed by atoms with van der Waals surface area (Å²) in [4.78, 5) is 0. The number of methoxy groups -OCH3 is 2. The van der Waals surface area contributed by atoms with Crippen LogP contribution in [0, 0.1) is 0 Å². The summed E-state index contributed by atoms with van der Waals surface area (Å²) in [5.41, 5.74) is 4.17. The summed E-state index contributed by atoms with van der Waals surface area (Å²) in [6, 6.07) is 28.1. The lowest BCUT2D eigenvalue weighted by Gasteiger charge is -2.04. The van der Waals surface area contributed by atoms with Crippen molar-refractivity contribution in [1.82, 2.24) is 0 Å². The molecule has 0 aliphatic carbocycles. The van der Waals surface area contributed by atoms with Crippen molar-refractivity contribution < 1.29 is 13.9 Å². The van der Waals surface area contributed by atoms with E-state index in [1.807, 2.05) is 60.7 Å². The Morgan fingerprint density at radius 1 is 0.552 bits per heavy atom. The van der Waals surface area contributed by atoms with Gasteiger partial charge in [-0.3, -0.25) is 0 Å². The summed E-state index contributed by atoms with van der Waals surface area (Å²) >= 11 is 3.51. The highest BCUT2D eigenvalue weighted by Gasteiger charge is 2.21. The van der Waals surface area contributed by atoms with Crippen molar-refractivity contribution in [3.63, 3.8) is 0 Å². The van der Waals surface area contributed by atoms with Gasteiger partial charge < -0.3 is 9.47 Å². The number of ether oxygens (including phenoxy) is 2. The number of hydrogen-bond acceptors (Lipinski definition) is 2. The molecule has 0 radical (unpaired) electrons. The van der Waals surface area contributed by atoms with Crippen LogP contribution in [0.2, 0.25) is 0 Å². The predicted octanol–water partition coefficient (Wildman–Crippen LogP) is 7.34. The first-order chi connectivity index (χ1) is 14.2. The van der Waals surface area contributed by atoms with E-state index in [1.54, 1.807) is 14.2 Å². The van der Waals surface area contributed by atoms with E-state index >= 15 is 0 Å². The molecule has 3 aromatic carbocycles. The number of halogens is 1. The minimum Gasteiger partial charge on any atom is -0.497 e. The molecular weight excluding hydrogens is 428 g/mol. The first kappa shape index (κ1) is 19.2. The zero-order valence-electron chi connectivity index (χ0n) is 16.2. The zero-order valence-corrected chi connectivity index (χ0v) is 17.8. The Kier molecular flexibility index (Phi) is 5.63. The van der Waals surface area contributed by atoms with Gasteiger partial charge >= 0.3 is 11.5 Å². The van der Waals surface area contributed by atoms with E-state index in [4.69, 9.17) is 13.9 Å². The molecule has 1 heterocycles. The number of hydrogen-bond donors (Lipinski definition) is 0. The van der Waals surface area contributed by atoms with Crippen LogP contribution in [-0.2, 0) is 0 Å². The van der Waals surface area contributed by atoms with Gasteiger partial charge in [-0.2, -0.15) is 0 Å². The Morgan fingerprint density at radius 3 is 1.38 bits per heavy atom. The molecule has 0 amide bonds. The highest BCUT2D eigenvalue weighted by atomic mass is 79.9. The first-order valence-corrected chi connectivity index (χ1v) is 9.98. The Morgan fingerprint density at radius 2 is 0.966 bits per heavy atom. The number of benzene rings is 3. The maximum Gasteiger partial charge on any atom is 0.361 e. The highest BCUT2D eigenvalue weighted by Crippen LogP contribution is 2.34. The van der Waals surface area contributed by atoms with Gasteiger partial charge in [-0.15, -0.1) is 0 Å². The van der Waals surface area contributed by atoms with Gasteiger partial charge in [-0.25, -0.2) is 4.42 Å². The van der Waals surface area contributed by atoms with E-state index < -0.39 is 0 Å². The fourth-order valence-corrected chi connectivity index (χ4v) is 3.37. The fraction of sp³-hybridized carbons (Fsp3) is 0.0800. The van der Waals surface area contributed by atoms with Gasteiger partial charge in [0.1, 0.15) is 11.5 Å². The summed E-state index contributed by atoms with van der Waals surface area (Å²) in [5.74, 6) is 3.21. The molecule has 0 aliphatic heterocycles. The first-order valence-electron chi connectivity index (χ1n) is 9.19. The summed E-state index contributed by atoms with van der Waals surface area (Å²) in [7, 11) is 3.32. The lowest BCUT2D eigenvalue weighted by Crippen LogP contribution is -1.88. The van der Waals surface area contributed by atoms with Crippen molar-refractivity contribution in [3.05, 3.63) is 89.4 Å². The SMILES string of the molecule is COc1ccc(-c2cc(-c3ccc(Br)cc3)cc(-c3ccc(OC)cc3)[o+]2)cc1. The second-order valence-electron chi connectivity index (χ2n) is 6.54. The molecule has 1 aromatic heterocycles. The average molecular weight is 448 g/mol. The summed E-state index contributed by atoms with van der Waals surface area (Å²) in [5, 5.41) is 0. The molecule has 0 aliphatic rings. The van der Waals surface area contributed by atoms with E-state index in [0.29, 0.717) is 0 Å². The second-order valence-corrected chi connectivity index (χ2v) is 7.45. The third-order valence-electron chi connectivity index (χ3n) is 4.72. The van der Waals surface area contributed by atoms with Crippen molar-refractivity contribution in [1.29, 1.82) is 0 Å². The summed E-state index contributed by atoms with van der Waals surface area (Å²) in [6.45, 7) is 0. The van der Waals surface area contributed by atoms with E-state index in [-0.39, 0.29) is 0 Å². The normalized spacial score (nSPS) is 10.6. The van der Waals surface area contributed by atoms with E-state index in [0.717, 1.165) is 49.7 Å². The van der Waals surface area contributed by atoms with Crippen LogP contribution < -0.4 is 9.47 Å². The van der Waals surface area contributed by atoms with Gasteiger partial charge in [-0.1, -0.05) is 28.1 Å². The molecule has 0 bridgehead atoms. The van der Waals surface area contributed by atoms with E-state index in [9.17, 15) is 0 Å². The molecule has 3 nitrogen and oxygen atoms in total. The zero-order chi connectivity index (χ0) is 20.2. The van der Waals surface area contributed by atoms with Crippen molar-refractivity contribution in [3.8, 4) is 45.3 Å². The molecule has 0 saturated carbocycles. The summed E-state index contributed by atoms with van der Waals surface area (Å²) < 4.78 is 17.9. The molecular formula is C25H20BrO3+. The third-order valence-corrected chi connectivity index (χ3v) is 5.25. The van der Waals surface area contributed by atoms with Crippen LogP contribution in [0.1, 0.15) is 0 Å². The maximum atomic E-state index is 6.29. The molecule has 4 heteroatoms. The number of rotatable bonds is 5. The molecule has 0 spiro atoms. The topological polar surface area (TPSA) is 29.8 Å². The van der Waals surface area contributed by atoms with Crippen LogP contribution in [0.3, 0.4) is 0 Å². The van der Waals surface area contributed by atoms with Crippen LogP contribution in [0.25, 0.3) is 33.8 Å². The lowest BCUT2D eigenvalue weighted by atomic mass is 10.0. The quantitative estimate of drug-likeness (QED) is 0.299. The minimum atomic E-state index is 0.791. The molecule has 29 heavy (non-hydrogen) atoms. The fourth-order valence-electron chi connectivity index (χ4n) is 3.11. The predicted molar refractivity (Wildman–Crippen MR) is 120 cm³/mol. The monoisotopic (exact) mass is 447 g/mol. The van der Waals surface area contributed by atoms with Gasteiger partial charge in [0, 0.05) is 10.0 Å². The molecule has 0 fully saturated rings. The van der Waals surface area contributed by atoms with Crippen LogP contribution in [0.15, 0.2) is 93.8 Å². The van der Waals surface area contributed by atoms with E-state index in [1.165, 1.54) is 0 Å². The van der Waals surface area contributed by atoms with Crippen molar-refractivity contribution in [2.24, 2.45) is 0 Å². The van der Waals surface area contributed by atoms with Gasteiger partial charge in [0.15, 0.2) is 0 Å². The van der Waals surface area contributed by atoms with Crippen molar-refractivity contribution >= 4 is 15.9 Å². The maximum absolute atomic E-state index is 6.29. The largest absolute Gasteiger partial charge is 0.497 e. The minimum absolute atomic E-state index is 0.791. The Labute approximate surface area is 178 Å². The Balaban J connectivity index is 1.84. The van der Waals surface area contributed by atoms with Gasteiger partial charge in [0.2, 0.25) is 0 Å². The Bertz CT molecular complexity index is 1040. The van der Waals surface area contributed by atoms with Crippen molar-refractivity contribution in [2.75, 3.05) is 14.2 Å². The van der Waals surface area contributed by atoms with Crippen molar-refractivity contribution in [2.45, 2.75) is 0 Å². The standard InChI is InChI=1S/C25H20BrO3/c1-27-22-11-5-18(6-12-22)24-15-20(17-3-9-21(26)10-4-17)16-25(29-24)19-7-13-23(28-2)14-8-19/h3-16H,1-2H3/q+1. The van der Waals surface area contributed by atoms with Gasteiger partial charge in [-0.05, 0) is 66.2 Å². The highest BCUT2D eigenvalue weighted by molar-refractivity contribution is 9.10. The van der Waals surface area contributed by atoms with Crippen LogP contribution in [0.4, 0.5) is 0 Å². The smallest absolute Gasteiger partial charge is 0.361 e. The molecule has 0 atom stereocenters. The average Bonchev–Trinajstić information content (AvgIpc) is 2.79. The molecule has 0 saturated heterocycles. The second kappa shape index (κ2) is 8.50. The molecule has 4 rings (SSSR count). The van der Waals surface area contributed by atoms with Crippen LogP contribution in [0.5, 0.6) is 11.5 Å². The Hall–Kier alpha value is -3.11. The molecule has 144 valence electrons. The molecule has 0 N–H and O–H groups in total. The molecule has 4 aromatic rings. The van der Waals surface area contributed by atoms with E-state index in [2.05, 4.69) is 40.2 Å².